The Morgan fingerprint density at radius 3 is 2.24 bits per heavy atom. The van der Waals surface area contributed by atoms with Crippen molar-refractivity contribution in [3.8, 4) is 0 Å². The van der Waals surface area contributed by atoms with Gasteiger partial charge in [-0.1, -0.05) is 13.2 Å². The Hall–Kier alpha value is -1.66. The number of carbonyl (C=O) groups is 2. The van der Waals surface area contributed by atoms with Gasteiger partial charge in [0.25, 0.3) is 0 Å². The van der Waals surface area contributed by atoms with Gasteiger partial charge in [0.15, 0.2) is 0 Å². The van der Waals surface area contributed by atoms with Crippen LogP contribution in [0.25, 0.3) is 0 Å². The molecule has 3 unspecified atom stereocenters. The zero-order chi connectivity index (χ0) is 13.4. The first-order valence-corrected chi connectivity index (χ1v) is 4.90. The molecule has 0 aliphatic heterocycles. The van der Waals surface area contributed by atoms with Crippen molar-refractivity contribution < 1.29 is 29.3 Å². The summed E-state index contributed by atoms with van der Waals surface area (Å²) in [4.78, 5) is 21.5. The maximum atomic E-state index is 10.8. The molecule has 0 aromatic heterocycles. The van der Waals surface area contributed by atoms with Gasteiger partial charge in [-0.05, 0) is 6.92 Å². The van der Waals surface area contributed by atoms with Crippen molar-refractivity contribution in [2.75, 3.05) is 6.61 Å². The first-order valence-electron chi connectivity index (χ1n) is 4.90. The Balaban J connectivity index is 4.14. The smallest absolute Gasteiger partial charge is 0.330 e. The summed E-state index contributed by atoms with van der Waals surface area (Å²) in [6.07, 6.45) is -1.80. The molecular weight excluding hydrogens is 228 g/mol. The molecule has 6 nitrogen and oxygen atoms in total. The Labute approximate surface area is 99.1 Å². The summed E-state index contributed by atoms with van der Waals surface area (Å²) in [6, 6.07) is 0. The summed E-state index contributed by atoms with van der Waals surface area (Å²) in [7, 11) is 0. The Bertz CT molecular complexity index is 298. The fourth-order valence-corrected chi connectivity index (χ4v) is 0.939. The van der Waals surface area contributed by atoms with Crippen LogP contribution in [-0.2, 0) is 19.1 Å². The third-order valence-electron chi connectivity index (χ3n) is 1.91. The lowest BCUT2D eigenvalue weighted by molar-refractivity contribution is -0.158. The minimum absolute atomic E-state index is 0.415. The van der Waals surface area contributed by atoms with Crippen molar-refractivity contribution in [2.24, 2.45) is 0 Å². The number of aliphatic hydroxyl groups excluding tert-OH is 2. The molecule has 0 aromatic rings. The summed E-state index contributed by atoms with van der Waals surface area (Å²) < 4.78 is 9.22. The molecule has 0 amide bonds. The highest BCUT2D eigenvalue weighted by Crippen LogP contribution is 2.05. The predicted molar refractivity (Wildman–Crippen MR) is 58.9 cm³/mol. The van der Waals surface area contributed by atoms with E-state index in [-0.39, 0.29) is 0 Å². The van der Waals surface area contributed by atoms with Crippen LogP contribution in [0, 0.1) is 0 Å². The molecule has 0 aromatic carbocycles. The van der Waals surface area contributed by atoms with Crippen LogP contribution < -0.4 is 0 Å². The van der Waals surface area contributed by atoms with Gasteiger partial charge in [0.2, 0.25) is 0 Å². The van der Waals surface area contributed by atoms with E-state index in [2.05, 4.69) is 22.6 Å². The molecule has 0 radical (unpaired) electrons. The number of hydrogen-bond acceptors (Lipinski definition) is 6. The van der Waals surface area contributed by atoms with E-state index in [9.17, 15) is 19.8 Å². The van der Waals surface area contributed by atoms with E-state index >= 15 is 0 Å². The van der Waals surface area contributed by atoms with Crippen molar-refractivity contribution in [3.63, 3.8) is 0 Å². The highest BCUT2D eigenvalue weighted by Gasteiger charge is 2.26. The van der Waals surface area contributed by atoms with Gasteiger partial charge >= 0.3 is 11.9 Å². The normalized spacial score (nSPS) is 15.2. The Kier molecular flexibility index (Phi) is 6.85. The van der Waals surface area contributed by atoms with E-state index in [1.165, 1.54) is 6.92 Å². The second-order valence-electron chi connectivity index (χ2n) is 3.24. The van der Waals surface area contributed by atoms with Gasteiger partial charge in [-0.25, -0.2) is 9.59 Å². The average Bonchev–Trinajstić information content (AvgIpc) is 2.33. The molecule has 96 valence electrons. The van der Waals surface area contributed by atoms with Crippen LogP contribution in [0.5, 0.6) is 0 Å². The second kappa shape index (κ2) is 7.59. The third kappa shape index (κ3) is 5.84. The van der Waals surface area contributed by atoms with Crippen LogP contribution in [0.1, 0.15) is 6.92 Å². The van der Waals surface area contributed by atoms with Crippen LogP contribution in [0.4, 0.5) is 0 Å². The highest BCUT2D eigenvalue weighted by atomic mass is 16.6. The van der Waals surface area contributed by atoms with E-state index < -0.39 is 36.9 Å². The molecule has 0 bridgehead atoms. The van der Waals surface area contributed by atoms with E-state index in [1.54, 1.807) is 0 Å². The quantitative estimate of drug-likeness (QED) is 0.465. The van der Waals surface area contributed by atoms with Gasteiger partial charge in [0, 0.05) is 12.2 Å². The third-order valence-corrected chi connectivity index (χ3v) is 1.91. The summed E-state index contributed by atoms with van der Waals surface area (Å²) in [6.45, 7) is 7.34. The van der Waals surface area contributed by atoms with E-state index in [4.69, 9.17) is 0 Å². The SMILES string of the molecule is C=CC(=O)OCC(O)C(O)C(C)OC(=O)C=C. The topological polar surface area (TPSA) is 93.1 Å². The van der Waals surface area contributed by atoms with Crippen molar-refractivity contribution in [2.45, 2.75) is 25.2 Å². The van der Waals surface area contributed by atoms with Crippen molar-refractivity contribution in [1.29, 1.82) is 0 Å². The first kappa shape index (κ1) is 15.3. The molecule has 0 aliphatic carbocycles. The molecule has 0 spiro atoms. The molecule has 0 saturated carbocycles. The number of rotatable bonds is 7. The maximum absolute atomic E-state index is 10.8. The van der Waals surface area contributed by atoms with Gasteiger partial charge in [-0.15, -0.1) is 0 Å². The average molecular weight is 244 g/mol. The number of hydrogen-bond donors (Lipinski definition) is 2. The number of esters is 2. The number of ether oxygens (including phenoxy) is 2. The Morgan fingerprint density at radius 1 is 1.24 bits per heavy atom. The van der Waals surface area contributed by atoms with Crippen molar-refractivity contribution >= 4 is 11.9 Å². The molecule has 0 fully saturated rings. The fraction of sp³-hybridized carbons (Fsp3) is 0.455. The molecule has 0 saturated heterocycles. The first-order chi connectivity index (χ1) is 7.92. The lowest BCUT2D eigenvalue weighted by Gasteiger charge is -2.23. The van der Waals surface area contributed by atoms with E-state index in [1.807, 2.05) is 0 Å². The van der Waals surface area contributed by atoms with Crippen LogP contribution in [0.2, 0.25) is 0 Å². The summed E-state index contributed by atoms with van der Waals surface area (Å²) in [5.41, 5.74) is 0. The zero-order valence-corrected chi connectivity index (χ0v) is 9.54. The lowest BCUT2D eigenvalue weighted by atomic mass is 10.1. The number of aliphatic hydroxyl groups is 2. The monoisotopic (exact) mass is 244 g/mol. The van der Waals surface area contributed by atoms with Crippen LogP contribution in [-0.4, -0.2) is 47.1 Å². The largest absolute Gasteiger partial charge is 0.460 e. The molecule has 0 aliphatic rings. The molecule has 17 heavy (non-hydrogen) atoms. The highest BCUT2D eigenvalue weighted by molar-refractivity contribution is 5.81. The summed E-state index contributed by atoms with van der Waals surface area (Å²) in [5, 5.41) is 19.0. The second-order valence-corrected chi connectivity index (χ2v) is 3.24. The predicted octanol–water partition coefficient (Wildman–Crippen LogP) is -0.445. The van der Waals surface area contributed by atoms with Crippen molar-refractivity contribution in [1.82, 2.24) is 0 Å². The van der Waals surface area contributed by atoms with Gasteiger partial charge in [0.05, 0.1) is 0 Å². The van der Waals surface area contributed by atoms with Crippen LogP contribution in [0.3, 0.4) is 0 Å². The minimum atomic E-state index is -1.36. The minimum Gasteiger partial charge on any atom is -0.460 e. The fourth-order valence-electron chi connectivity index (χ4n) is 0.939. The molecular formula is C11H16O6. The lowest BCUT2D eigenvalue weighted by Crippen LogP contribution is -2.41. The maximum Gasteiger partial charge on any atom is 0.330 e. The van der Waals surface area contributed by atoms with Crippen LogP contribution in [0.15, 0.2) is 25.3 Å². The summed E-state index contributed by atoms with van der Waals surface area (Å²) in [5.74, 6) is -1.43. The number of carbonyl (C=O) groups excluding carboxylic acids is 2. The summed E-state index contributed by atoms with van der Waals surface area (Å²) >= 11 is 0. The van der Waals surface area contributed by atoms with E-state index in [0.29, 0.717) is 0 Å². The standard InChI is InChI=1S/C11H16O6/c1-4-9(13)16-6-8(12)11(15)7(3)17-10(14)5-2/h4-5,7-8,11-12,15H,1-2,6H2,3H3. The van der Waals surface area contributed by atoms with Gasteiger partial charge < -0.3 is 19.7 Å². The van der Waals surface area contributed by atoms with Crippen molar-refractivity contribution in [3.05, 3.63) is 25.3 Å². The van der Waals surface area contributed by atoms with Gasteiger partial charge in [0.1, 0.15) is 24.9 Å². The molecule has 3 atom stereocenters. The molecule has 6 heteroatoms. The van der Waals surface area contributed by atoms with E-state index in [0.717, 1.165) is 12.2 Å². The van der Waals surface area contributed by atoms with Gasteiger partial charge in [-0.2, -0.15) is 0 Å². The molecule has 0 heterocycles. The van der Waals surface area contributed by atoms with Crippen LogP contribution >= 0.6 is 0 Å². The Morgan fingerprint density at radius 2 is 1.76 bits per heavy atom. The molecule has 0 rings (SSSR count). The zero-order valence-electron chi connectivity index (χ0n) is 9.54. The van der Waals surface area contributed by atoms with Gasteiger partial charge in [-0.3, -0.25) is 0 Å². The molecule has 2 N–H and O–H groups in total.